The summed E-state index contributed by atoms with van der Waals surface area (Å²) in [6.07, 6.45) is 6.12. The molecule has 2 aromatic rings. The molecule has 0 radical (unpaired) electrons. The number of hydrogen-bond acceptors (Lipinski definition) is 5. The first-order valence-corrected chi connectivity index (χ1v) is 9.09. The number of urea groups is 1. The first-order valence-electron chi connectivity index (χ1n) is 8.21. The van der Waals surface area contributed by atoms with Crippen molar-refractivity contribution in [1.29, 1.82) is 0 Å². The van der Waals surface area contributed by atoms with E-state index < -0.39 is 0 Å². The van der Waals surface area contributed by atoms with Crippen LogP contribution in [0.25, 0.3) is 0 Å². The maximum absolute atomic E-state index is 12.2. The van der Waals surface area contributed by atoms with Crippen LogP contribution in [0.5, 0.6) is 5.75 Å². The molecule has 0 spiro atoms. The van der Waals surface area contributed by atoms with Gasteiger partial charge in [0.25, 0.3) is 0 Å². The zero-order chi connectivity index (χ0) is 16.8. The summed E-state index contributed by atoms with van der Waals surface area (Å²) in [7, 11) is 0. The molecular weight excluding hydrogens is 324 g/mol. The van der Waals surface area contributed by atoms with E-state index in [2.05, 4.69) is 20.7 Å². The summed E-state index contributed by atoms with van der Waals surface area (Å²) < 4.78 is 5.85. The summed E-state index contributed by atoms with van der Waals surface area (Å²) >= 11 is 1.68. The normalized spacial score (nSPS) is 17.0. The second kappa shape index (κ2) is 8.10. The molecule has 1 saturated heterocycles. The average molecular weight is 346 g/mol. The number of rotatable bonds is 6. The Bertz CT molecular complexity index is 662. The van der Waals surface area contributed by atoms with Crippen LogP contribution in [0.15, 0.2) is 29.9 Å². The molecular formula is C17H22N4O2S. The van der Waals surface area contributed by atoms with Gasteiger partial charge >= 0.3 is 6.03 Å². The largest absolute Gasteiger partial charge is 0.487 e. The molecule has 0 aliphatic carbocycles. The molecule has 1 aliphatic rings. The molecule has 24 heavy (non-hydrogen) atoms. The molecule has 1 N–H and O–H groups in total. The molecule has 128 valence electrons. The maximum atomic E-state index is 12.2. The number of thiazole rings is 1. The van der Waals surface area contributed by atoms with Crippen LogP contribution in [0.2, 0.25) is 0 Å². The highest BCUT2D eigenvalue weighted by atomic mass is 32.1. The molecule has 1 atom stereocenters. The van der Waals surface area contributed by atoms with E-state index in [1.807, 2.05) is 24.0 Å². The third kappa shape index (κ3) is 4.67. The predicted molar refractivity (Wildman–Crippen MR) is 93.4 cm³/mol. The number of carbonyl (C=O) groups is 1. The van der Waals surface area contributed by atoms with E-state index >= 15 is 0 Å². The number of nitrogens with one attached hydrogen (secondary N) is 1. The third-order valence-corrected chi connectivity index (χ3v) is 4.91. The summed E-state index contributed by atoms with van der Waals surface area (Å²) in [6, 6.07) is 3.72. The van der Waals surface area contributed by atoms with Crippen LogP contribution in [0.3, 0.4) is 0 Å². The van der Waals surface area contributed by atoms with Crippen molar-refractivity contribution in [2.75, 3.05) is 19.6 Å². The topological polar surface area (TPSA) is 67.4 Å². The van der Waals surface area contributed by atoms with Gasteiger partial charge in [-0.25, -0.2) is 9.78 Å². The minimum atomic E-state index is -0.0115. The van der Waals surface area contributed by atoms with Crippen LogP contribution in [0, 0.1) is 6.92 Å². The van der Waals surface area contributed by atoms with Gasteiger partial charge in [-0.15, -0.1) is 11.3 Å². The number of nitrogens with zero attached hydrogens (tertiary/aromatic N) is 3. The standard InChI is InChI=1S/C17H22N4O2S/c1-13-12-24-16(20-13)5-3-8-19-17(22)21-9-6-15(11-21)23-14-4-2-7-18-10-14/h2,4,7,10,12,15H,3,5-6,8-9,11H2,1H3,(H,19,22)/t15-/m0/s1. The van der Waals surface area contributed by atoms with E-state index in [1.54, 1.807) is 23.7 Å². The Morgan fingerprint density at radius 2 is 2.46 bits per heavy atom. The van der Waals surface area contributed by atoms with E-state index in [-0.39, 0.29) is 12.1 Å². The Morgan fingerprint density at radius 1 is 1.54 bits per heavy atom. The molecule has 2 aromatic heterocycles. The summed E-state index contributed by atoms with van der Waals surface area (Å²) in [6.45, 7) is 4.01. The van der Waals surface area contributed by atoms with Crippen LogP contribution in [0.4, 0.5) is 4.79 Å². The molecule has 3 rings (SSSR count). The summed E-state index contributed by atoms with van der Waals surface area (Å²) in [5.41, 5.74) is 1.07. The number of carbonyl (C=O) groups excluding carboxylic acids is 1. The summed E-state index contributed by atoms with van der Waals surface area (Å²) in [5.74, 6) is 0.753. The van der Waals surface area contributed by atoms with Gasteiger partial charge in [-0.05, 0) is 25.5 Å². The second-order valence-electron chi connectivity index (χ2n) is 5.88. The Hall–Kier alpha value is -2.15. The second-order valence-corrected chi connectivity index (χ2v) is 6.82. The highest BCUT2D eigenvalue weighted by Gasteiger charge is 2.27. The lowest BCUT2D eigenvalue weighted by Crippen LogP contribution is -2.39. The maximum Gasteiger partial charge on any atom is 0.317 e. The molecule has 1 fully saturated rings. The van der Waals surface area contributed by atoms with Crippen molar-refractivity contribution < 1.29 is 9.53 Å². The van der Waals surface area contributed by atoms with Gasteiger partial charge in [0, 0.05) is 43.2 Å². The van der Waals surface area contributed by atoms with Gasteiger partial charge in [0.15, 0.2) is 0 Å². The van der Waals surface area contributed by atoms with Crippen LogP contribution < -0.4 is 10.1 Å². The van der Waals surface area contributed by atoms with E-state index in [0.29, 0.717) is 13.1 Å². The highest BCUT2D eigenvalue weighted by molar-refractivity contribution is 7.09. The van der Waals surface area contributed by atoms with Crippen LogP contribution in [-0.4, -0.2) is 46.6 Å². The fraction of sp³-hybridized carbons (Fsp3) is 0.471. The quantitative estimate of drug-likeness (QED) is 0.817. The molecule has 0 aromatic carbocycles. The van der Waals surface area contributed by atoms with Crippen LogP contribution in [-0.2, 0) is 6.42 Å². The lowest BCUT2D eigenvalue weighted by Gasteiger charge is -2.17. The fourth-order valence-electron chi connectivity index (χ4n) is 2.68. The summed E-state index contributed by atoms with van der Waals surface area (Å²) in [4.78, 5) is 22.5. The minimum absolute atomic E-state index is 0.0115. The predicted octanol–water partition coefficient (Wildman–Crippen LogP) is 2.64. The number of amides is 2. The molecule has 0 bridgehead atoms. The zero-order valence-corrected chi connectivity index (χ0v) is 14.6. The molecule has 0 saturated carbocycles. The van der Waals surface area contributed by atoms with Gasteiger partial charge in [0.2, 0.25) is 0 Å². The van der Waals surface area contributed by atoms with Gasteiger partial charge < -0.3 is 15.0 Å². The Kier molecular flexibility index (Phi) is 5.63. The first-order chi connectivity index (χ1) is 11.7. The fourth-order valence-corrected chi connectivity index (χ4v) is 3.50. The molecule has 7 heteroatoms. The van der Waals surface area contributed by atoms with Crippen LogP contribution >= 0.6 is 11.3 Å². The zero-order valence-electron chi connectivity index (χ0n) is 13.8. The number of pyridine rings is 1. The number of likely N-dealkylation sites (tertiary alicyclic amines) is 1. The van der Waals surface area contributed by atoms with Crippen molar-refractivity contribution in [2.45, 2.75) is 32.3 Å². The van der Waals surface area contributed by atoms with E-state index in [1.165, 1.54) is 0 Å². The minimum Gasteiger partial charge on any atom is -0.487 e. The van der Waals surface area contributed by atoms with Crippen molar-refractivity contribution in [1.82, 2.24) is 20.2 Å². The molecule has 0 unspecified atom stereocenters. The number of aromatic nitrogens is 2. The molecule has 3 heterocycles. The van der Waals surface area contributed by atoms with Gasteiger partial charge in [-0.1, -0.05) is 0 Å². The van der Waals surface area contributed by atoms with Gasteiger partial charge in [-0.3, -0.25) is 4.98 Å². The smallest absolute Gasteiger partial charge is 0.317 e. The van der Waals surface area contributed by atoms with Crippen molar-refractivity contribution in [3.05, 3.63) is 40.6 Å². The number of hydrogen-bond donors (Lipinski definition) is 1. The van der Waals surface area contributed by atoms with Crippen molar-refractivity contribution in [2.24, 2.45) is 0 Å². The van der Waals surface area contributed by atoms with Crippen molar-refractivity contribution in [3.8, 4) is 5.75 Å². The van der Waals surface area contributed by atoms with E-state index in [0.717, 1.165) is 42.3 Å². The van der Waals surface area contributed by atoms with Gasteiger partial charge in [0.05, 0.1) is 17.7 Å². The molecule has 2 amide bonds. The Labute approximate surface area is 145 Å². The van der Waals surface area contributed by atoms with Crippen molar-refractivity contribution in [3.63, 3.8) is 0 Å². The van der Waals surface area contributed by atoms with Gasteiger partial charge in [0.1, 0.15) is 11.9 Å². The average Bonchev–Trinajstić information content (AvgIpc) is 3.21. The Morgan fingerprint density at radius 3 is 3.21 bits per heavy atom. The van der Waals surface area contributed by atoms with E-state index in [9.17, 15) is 4.79 Å². The SMILES string of the molecule is Cc1csc(CCCNC(=O)N2CC[C@H](Oc3cccnc3)C2)n1. The van der Waals surface area contributed by atoms with E-state index in [4.69, 9.17) is 4.74 Å². The molecule has 1 aliphatic heterocycles. The Balaban J connectivity index is 1.35. The lowest BCUT2D eigenvalue weighted by atomic mass is 10.3. The lowest BCUT2D eigenvalue weighted by molar-refractivity contribution is 0.186. The van der Waals surface area contributed by atoms with Crippen LogP contribution in [0.1, 0.15) is 23.5 Å². The van der Waals surface area contributed by atoms with Gasteiger partial charge in [-0.2, -0.15) is 0 Å². The first kappa shape index (κ1) is 16.7. The van der Waals surface area contributed by atoms with Crippen molar-refractivity contribution >= 4 is 17.4 Å². The summed E-state index contributed by atoms with van der Waals surface area (Å²) in [5, 5.41) is 6.17. The third-order valence-electron chi connectivity index (χ3n) is 3.88. The number of aryl methyl sites for hydroxylation is 2. The highest BCUT2D eigenvalue weighted by Crippen LogP contribution is 2.17. The monoisotopic (exact) mass is 346 g/mol. The number of ether oxygens (including phenoxy) is 1. The molecule has 6 nitrogen and oxygen atoms in total.